The van der Waals surface area contributed by atoms with Gasteiger partial charge in [-0.25, -0.2) is 0 Å². The minimum Gasteiger partial charge on any atom is -0.506 e. The Morgan fingerprint density at radius 1 is 0.444 bits per heavy atom. The first-order valence-corrected chi connectivity index (χ1v) is 11.8. The number of fused-ring (bicyclic) bond motifs is 1. The fraction of sp³-hybridized carbons (Fsp3) is 0. The Hall–Kier alpha value is 3.61. The predicted octanol–water partition coefficient (Wildman–Crippen LogP) is 6.78. The van der Waals surface area contributed by atoms with Crippen LogP contribution >= 0.6 is 158 Å². The first-order valence-electron chi connectivity index (χ1n) is 4.30. The molecule has 0 fully saturated rings. The SMILES string of the molecule is Oc1c(I)c(I)c(I)c2c(I)c(I)c(I)c(I)c12. The van der Waals surface area contributed by atoms with Crippen molar-refractivity contribution < 1.29 is 5.11 Å². The van der Waals surface area contributed by atoms with Crippen molar-refractivity contribution in [1.82, 2.24) is 0 Å². The van der Waals surface area contributed by atoms with Crippen molar-refractivity contribution in [3.8, 4) is 5.75 Å². The number of phenolic OH excluding ortho intramolecular Hbond substituents is 1. The summed E-state index contributed by atoms with van der Waals surface area (Å²) in [6.45, 7) is 0. The van der Waals surface area contributed by atoms with E-state index in [2.05, 4.69) is 158 Å². The molecule has 2 aromatic carbocycles. The molecule has 0 bridgehead atoms. The highest BCUT2D eigenvalue weighted by molar-refractivity contribution is 14.1. The smallest absolute Gasteiger partial charge is 0.139 e. The van der Waals surface area contributed by atoms with Crippen LogP contribution in [0.1, 0.15) is 0 Å². The van der Waals surface area contributed by atoms with E-state index in [1.807, 2.05) is 0 Å². The number of hydrogen-bond donors (Lipinski definition) is 1. The molecule has 2 aromatic rings. The second kappa shape index (κ2) is 7.02. The van der Waals surface area contributed by atoms with Crippen LogP contribution in [-0.4, -0.2) is 5.11 Å². The molecular weight excluding hydrogens is 1020 g/mol. The number of rotatable bonds is 0. The van der Waals surface area contributed by atoms with Gasteiger partial charge in [-0.15, -0.1) is 0 Å². The summed E-state index contributed by atoms with van der Waals surface area (Å²) in [7, 11) is 0. The highest BCUT2D eigenvalue weighted by Crippen LogP contribution is 2.44. The number of aromatic hydroxyl groups is 1. The Balaban J connectivity index is 3.22. The number of hydrogen-bond acceptors (Lipinski definition) is 1. The average molecular weight is 1030 g/mol. The third-order valence-electron chi connectivity index (χ3n) is 2.32. The van der Waals surface area contributed by atoms with Crippen LogP contribution in [0.15, 0.2) is 0 Å². The monoisotopic (exact) mass is 1030 g/mol. The van der Waals surface area contributed by atoms with Crippen molar-refractivity contribution in [3.63, 3.8) is 0 Å². The lowest BCUT2D eigenvalue weighted by Gasteiger charge is -2.15. The van der Waals surface area contributed by atoms with Gasteiger partial charge in [0.15, 0.2) is 0 Å². The number of phenols is 1. The summed E-state index contributed by atoms with van der Waals surface area (Å²) in [5, 5.41) is 12.6. The molecule has 0 aliphatic carbocycles. The molecule has 0 radical (unpaired) electrons. The molecule has 18 heavy (non-hydrogen) atoms. The van der Waals surface area contributed by atoms with Crippen LogP contribution in [0.25, 0.3) is 10.8 Å². The molecule has 1 nitrogen and oxygen atoms in total. The molecule has 0 aromatic heterocycles. The van der Waals surface area contributed by atoms with Gasteiger partial charge in [-0.05, 0) is 158 Å². The fourth-order valence-electron chi connectivity index (χ4n) is 1.48. The van der Waals surface area contributed by atoms with E-state index < -0.39 is 0 Å². The van der Waals surface area contributed by atoms with E-state index in [1.165, 1.54) is 19.7 Å². The lowest BCUT2D eigenvalue weighted by molar-refractivity contribution is 0.477. The molecule has 2 rings (SSSR count). The zero-order valence-corrected chi connectivity index (χ0v) is 23.2. The summed E-state index contributed by atoms with van der Waals surface area (Å²) >= 11 is 16.3. The lowest BCUT2D eigenvalue weighted by Crippen LogP contribution is -1.99. The van der Waals surface area contributed by atoms with E-state index in [1.54, 1.807) is 0 Å². The maximum atomic E-state index is 10.5. The molecule has 0 amide bonds. The van der Waals surface area contributed by atoms with Crippen LogP contribution < -0.4 is 0 Å². The Morgan fingerprint density at radius 3 is 1.22 bits per heavy atom. The molecule has 96 valence electrons. The highest BCUT2D eigenvalue weighted by Gasteiger charge is 2.22. The van der Waals surface area contributed by atoms with E-state index in [0.29, 0.717) is 5.75 Å². The van der Waals surface area contributed by atoms with E-state index in [0.717, 1.165) is 16.1 Å². The fourth-order valence-corrected chi connectivity index (χ4v) is 8.10. The third-order valence-corrected chi connectivity index (χ3v) is 15.0. The standard InChI is InChI=1S/C10HI7O/c11-3-1-2(5(13)7(15)6(3)14)10(18)9(17)8(16)4(1)12/h18H. The van der Waals surface area contributed by atoms with Crippen molar-refractivity contribution in [2.75, 3.05) is 0 Å². The summed E-state index contributed by atoms with van der Waals surface area (Å²) in [5.74, 6) is 0.409. The minimum absolute atomic E-state index is 0.409. The Kier molecular flexibility index (Phi) is 7.00. The van der Waals surface area contributed by atoms with E-state index in [9.17, 15) is 5.11 Å². The Labute approximate surface area is 200 Å². The van der Waals surface area contributed by atoms with Crippen LogP contribution in [0.3, 0.4) is 0 Å². The van der Waals surface area contributed by atoms with Gasteiger partial charge in [-0.1, -0.05) is 0 Å². The van der Waals surface area contributed by atoms with Gasteiger partial charge in [0, 0.05) is 32.2 Å². The molecule has 0 atom stereocenters. The zero-order valence-electron chi connectivity index (χ0n) is 8.09. The van der Waals surface area contributed by atoms with E-state index in [-0.39, 0.29) is 0 Å². The van der Waals surface area contributed by atoms with Crippen molar-refractivity contribution in [2.24, 2.45) is 0 Å². The van der Waals surface area contributed by atoms with Crippen LogP contribution in [0.4, 0.5) is 0 Å². The summed E-state index contributed by atoms with van der Waals surface area (Å²) in [6.07, 6.45) is 0. The second-order valence-corrected chi connectivity index (χ2v) is 10.8. The maximum absolute atomic E-state index is 10.5. The van der Waals surface area contributed by atoms with Gasteiger partial charge in [0.05, 0.1) is 3.57 Å². The average Bonchev–Trinajstić information content (AvgIpc) is 2.35. The van der Waals surface area contributed by atoms with Crippen LogP contribution in [0, 0.1) is 25.0 Å². The predicted molar refractivity (Wildman–Crippen MR) is 135 cm³/mol. The molecule has 0 aliphatic heterocycles. The molecule has 0 heterocycles. The molecule has 0 spiro atoms. The van der Waals surface area contributed by atoms with E-state index >= 15 is 0 Å². The second-order valence-electron chi connectivity index (χ2n) is 3.30. The Bertz CT molecular complexity index is 567. The van der Waals surface area contributed by atoms with Crippen LogP contribution in [0.2, 0.25) is 0 Å². The molecule has 1 N–H and O–H groups in total. The summed E-state index contributed by atoms with van der Waals surface area (Å²) < 4.78 is 8.14. The zero-order chi connectivity index (χ0) is 13.8. The molecule has 0 unspecified atom stereocenters. The summed E-state index contributed by atoms with van der Waals surface area (Å²) in [4.78, 5) is 0. The summed E-state index contributed by atoms with van der Waals surface area (Å²) in [5.41, 5.74) is 0. The summed E-state index contributed by atoms with van der Waals surface area (Å²) in [6, 6.07) is 0. The van der Waals surface area contributed by atoms with Crippen molar-refractivity contribution in [2.45, 2.75) is 0 Å². The largest absolute Gasteiger partial charge is 0.506 e. The first kappa shape index (κ1) is 18.0. The number of halogens is 7. The lowest BCUT2D eigenvalue weighted by atomic mass is 10.1. The van der Waals surface area contributed by atoms with Gasteiger partial charge >= 0.3 is 0 Å². The number of benzene rings is 2. The minimum atomic E-state index is 0.409. The van der Waals surface area contributed by atoms with Gasteiger partial charge < -0.3 is 5.11 Å². The van der Waals surface area contributed by atoms with Gasteiger partial charge in [-0.2, -0.15) is 0 Å². The molecule has 0 saturated heterocycles. The van der Waals surface area contributed by atoms with Gasteiger partial charge in [0.1, 0.15) is 5.75 Å². The van der Waals surface area contributed by atoms with Crippen molar-refractivity contribution in [3.05, 3.63) is 25.0 Å². The maximum Gasteiger partial charge on any atom is 0.139 e. The van der Waals surface area contributed by atoms with Gasteiger partial charge in [0.2, 0.25) is 0 Å². The van der Waals surface area contributed by atoms with Crippen molar-refractivity contribution in [1.29, 1.82) is 0 Å². The van der Waals surface area contributed by atoms with Crippen LogP contribution in [0.5, 0.6) is 5.75 Å². The third kappa shape index (κ3) is 3.00. The van der Waals surface area contributed by atoms with Gasteiger partial charge in [-0.3, -0.25) is 0 Å². The van der Waals surface area contributed by atoms with Crippen LogP contribution in [-0.2, 0) is 0 Å². The van der Waals surface area contributed by atoms with E-state index in [4.69, 9.17) is 0 Å². The first-order chi connectivity index (χ1) is 8.29. The molecule has 8 heteroatoms. The molecule has 0 saturated carbocycles. The topological polar surface area (TPSA) is 20.2 Å². The normalized spacial score (nSPS) is 11.3. The van der Waals surface area contributed by atoms with Gasteiger partial charge in [0.25, 0.3) is 0 Å². The highest BCUT2D eigenvalue weighted by atomic mass is 127. The van der Waals surface area contributed by atoms with Crippen molar-refractivity contribution >= 4 is 169 Å². The molecule has 0 aliphatic rings. The molecular formula is C10HI7O. The Morgan fingerprint density at radius 2 is 0.778 bits per heavy atom. The quantitative estimate of drug-likeness (QED) is 0.176.